The summed E-state index contributed by atoms with van der Waals surface area (Å²) in [4.78, 5) is 17.6. The first-order valence-electron chi connectivity index (χ1n) is 6.96. The average Bonchev–Trinajstić information content (AvgIpc) is 2.79. The highest BCUT2D eigenvalue weighted by Crippen LogP contribution is 2.24. The van der Waals surface area contributed by atoms with Crippen molar-refractivity contribution in [2.24, 2.45) is 5.92 Å². The fourth-order valence-electron chi connectivity index (χ4n) is 2.76. The summed E-state index contributed by atoms with van der Waals surface area (Å²) in [5.41, 5.74) is 1.09. The van der Waals surface area contributed by atoms with Gasteiger partial charge in [0.25, 0.3) is 0 Å². The second kappa shape index (κ2) is 5.74. The van der Waals surface area contributed by atoms with E-state index in [1.165, 1.54) is 0 Å². The highest BCUT2D eigenvalue weighted by atomic mass is 16.4. The van der Waals surface area contributed by atoms with Crippen molar-refractivity contribution < 1.29 is 9.90 Å². The summed E-state index contributed by atoms with van der Waals surface area (Å²) in [7, 11) is 0. The lowest BCUT2D eigenvalue weighted by Crippen LogP contribution is -2.46. The van der Waals surface area contributed by atoms with Crippen LogP contribution in [0.5, 0.6) is 0 Å². The number of hydrogen-bond donors (Lipinski definition) is 1. The summed E-state index contributed by atoms with van der Waals surface area (Å²) in [5.74, 6) is -0.213. The monoisotopic (exact) mass is 265 g/mol. The van der Waals surface area contributed by atoms with Crippen LogP contribution in [0.2, 0.25) is 0 Å². The number of imidazole rings is 1. The Morgan fingerprint density at radius 3 is 2.95 bits per heavy atom. The molecule has 0 radical (unpaired) electrons. The molecule has 0 saturated carbocycles. The molecule has 2 rings (SSSR count). The van der Waals surface area contributed by atoms with E-state index in [-0.39, 0.29) is 6.04 Å². The second-order valence-electron chi connectivity index (χ2n) is 5.84. The Hall–Kier alpha value is -1.36. The molecule has 0 amide bonds. The van der Waals surface area contributed by atoms with E-state index >= 15 is 0 Å². The van der Waals surface area contributed by atoms with Gasteiger partial charge < -0.3 is 9.67 Å². The summed E-state index contributed by atoms with van der Waals surface area (Å²) in [6, 6.07) is -0.0104. The molecule has 1 N–H and O–H groups in total. The number of piperidine rings is 1. The molecular formula is C14H23N3O2. The molecule has 0 spiro atoms. The molecule has 2 atom stereocenters. The van der Waals surface area contributed by atoms with Crippen LogP contribution in [-0.4, -0.2) is 38.1 Å². The molecule has 2 heterocycles. The van der Waals surface area contributed by atoms with Gasteiger partial charge in [-0.15, -0.1) is 0 Å². The van der Waals surface area contributed by atoms with E-state index in [2.05, 4.69) is 35.2 Å². The Bertz CT molecular complexity index is 442. The average molecular weight is 265 g/mol. The predicted octanol–water partition coefficient (Wildman–Crippen LogP) is 2.15. The van der Waals surface area contributed by atoms with Crippen LogP contribution in [0.1, 0.15) is 45.3 Å². The summed E-state index contributed by atoms with van der Waals surface area (Å²) >= 11 is 0. The molecule has 1 aliphatic heterocycles. The number of hydrogen-bond acceptors (Lipinski definition) is 3. The quantitative estimate of drug-likeness (QED) is 0.906. The van der Waals surface area contributed by atoms with Crippen LogP contribution in [0, 0.1) is 5.92 Å². The largest absolute Gasteiger partial charge is 0.480 e. The molecule has 106 valence electrons. The van der Waals surface area contributed by atoms with E-state index in [4.69, 9.17) is 0 Å². The van der Waals surface area contributed by atoms with Crippen LogP contribution in [0.25, 0.3) is 0 Å². The zero-order valence-electron chi connectivity index (χ0n) is 11.9. The van der Waals surface area contributed by atoms with Gasteiger partial charge in [-0.2, -0.15) is 0 Å². The van der Waals surface area contributed by atoms with Crippen LogP contribution < -0.4 is 0 Å². The van der Waals surface area contributed by atoms with Crippen LogP contribution in [0.4, 0.5) is 0 Å². The molecule has 19 heavy (non-hydrogen) atoms. The van der Waals surface area contributed by atoms with Crippen molar-refractivity contribution >= 4 is 5.97 Å². The highest BCUT2D eigenvalue weighted by Gasteiger charge is 2.32. The van der Waals surface area contributed by atoms with Crippen LogP contribution in [-0.2, 0) is 11.3 Å². The third-order valence-electron chi connectivity index (χ3n) is 3.93. The van der Waals surface area contributed by atoms with E-state index in [1.807, 2.05) is 12.5 Å². The molecule has 5 nitrogen and oxygen atoms in total. The van der Waals surface area contributed by atoms with Crippen LogP contribution in [0.15, 0.2) is 12.5 Å². The molecule has 0 aliphatic carbocycles. The van der Waals surface area contributed by atoms with Crippen molar-refractivity contribution in [3.63, 3.8) is 0 Å². The Kier molecular flexibility index (Phi) is 4.24. The normalized spacial score (nSPS) is 24.8. The van der Waals surface area contributed by atoms with E-state index in [0.29, 0.717) is 18.5 Å². The fourth-order valence-corrected chi connectivity index (χ4v) is 2.76. The fraction of sp³-hybridized carbons (Fsp3) is 0.714. The van der Waals surface area contributed by atoms with E-state index in [9.17, 15) is 9.90 Å². The second-order valence-corrected chi connectivity index (χ2v) is 5.84. The Morgan fingerprint density at radius 1 is 1.58 bits per heavy atom. The molecule has 1 aromatic heterocycles. The summed E-state index contributed by atoms with van der Waals surface area (Å²) in [6.45, 7) is 7.87. The van der Waals surface area contributed by atoms with Gasteiger partial charge in [-0.05, 0) is 39.2 Å². The number of carboxylic acids is 1. The molecule has 0 bridgehead atoms. The Balaban J connectivity index is 2.12. The van der Waals surface area contributed by atoms with E-state index in [1.54, 1.807) is 0 Å². The highest BCUT2D eigenvalue weighted by molar-refractivity contribution is 5.73. The number of carboxylic acid groups (broad SMARTS) is 1. The zero-order chi connectivity index (χ0) is 14.0. The maximum Gasteiger partial charge on any atom is 0.320 e. The van der Waals surface area contributed by atoms with Crippen molar-refractivity contribution in [1.29, 1.82) is 0 Å². The summed E-state index contributed by atoms with van der Waals surface area (Å²) in [6.07, 6.45) is 5.48. The number of nitrogens with zero attached hydrogens (tertiary/aromatic N) is 3. The standard InChI is InChI=1S/C14H23N3O2/c1-10(2)17-9-15-7-12(17)8-16-5-4-11(3)6-13(16)14(18)19/h7,9-11,13H,4-6,8H2,1-3H3,(H,18,19). The third kappa shape index (κ3) is 3.15. The first-order chi connectivity index (χ1) is 8.99. The molecule has 1 fully saturated rings. The lowest BCUT2D eigenvalue weighted by atomic mass is 9.92. The van der Waals surface area contributed by atoms with Gasteiger partial charge in [-0.3, -0.25) is 9.69 Å². The first-order valence-corrected chi connectivity index (χ1v) is 6.96. The van der Waals surface area contributed by atoms with E-state index in [0.717, 1.165) is 25.1 Å². The SMILES string of the molecule is CC1CCN(Cc2cncn2C(C)C)C(C(=O)O)C1. The van der Waals surface area contributed by atoms with Gasteiger partial charge in [-0.1, -0.05) is 6.92 Å². The van der Waals surface area contributed by atoms with Gasteiger partial charge in [0, 0.05) is 18.8 Å². The lowest BCUT2D eigenvalue weighted by molar-refractivity contribution is -0.145. The maximum absolute atomic E-state index is 11.4. The molecule has 1 aromatic rings. The topological polar surface area (TPSA) is 58.4 Å². The minimum Gasteiger partial charge on any atom is -0.480 e. The molecule has 0 aromatic carbocycles. The summed E-state index contributed by atoms with van der Waals surface area (Å²) < 4.78 is 2.11. The number of likely N-dealkylation sites (tertiary alicyclic amines) is 1. The smallest absolute Gasteiger partial charge is 0.320 e. The van der Waals surface area contributed by atoms with Gasteiger partial charge in [-0.25, -0.2) is 4.98 Å². The predicted molar refractivity (Wildman–Crippen MR) is 72.8 cm³/mol. The van der Waals surface area contributed by atoms with Gasteiger partial charge >= 0.3 is 5.97 Å². The third-order valence-corrected chi connectivity index (χ3v) is 3.93. The van der Waals surface area contributed by atoms with Crippen LogP contribution >= 0.6 is 0 Å². The van der Waals surface area contributed by atoms with Gasteiger partial charge in [0.2, 0.25) is 0 Å². The number of carbonyl (C=O) groups is 1. The van der Waals surface area contributed by atoms with Crippen molar-refractivity contribution in [2.75, 3.05) is 6.54 Å². The number of aliphatic carboxylic acids is 1. The molecule has 5 heteroatoms. The van der Waals surface area contributed by atoms with E-state index < -0.39 is 5.97 Å². The summed E-state index contributed by atoms with van der Waals surface area (Å²) in [5, 5.41) is 9.37. The molecular weight excluding hydrogens is 242 g/mol. The van der Waals surface area contributed by atoms with Gasteiger partial charge in [0.15, 0.2) is 0 Å². The first kappa shape index (κ1) is 14.1. The van der Waals surface area contributed by atoms with Crippen molar-refractivity contribution in [1.82, 2.24) is 14.5 Å². The Morgan fingerprint density at radius 2 is 2.32 bits per heavy atom. The number of rotatable bonds is 4. The number of aromatic nitrogens is 2. The molecule has 1 saturated heterocycles. The van der Waals surface area contributed by atoms with Crippen molar-refractivity contribution in [3.05, 3.63) is 18.2 Å². The molecule has 2 unspecified atom stereocenters. The Labute approximate surface area is 114 Å². The maximum atomic E-state index is 11.4. The van der Waals surface area contributed by atoms with Crippen LogP contribution in [0.3, 0.4) is 0 Å². The van der Waals surface area contributed by atoms with Gasteiger partial charge in [0.1, 0.15) is 6.04 Å². The zero-order valence-corrected chi connectivity index (χ0v) is 11.9. The minimum absolute atomic E-state index is 0.351. The molecule has 1 aliphatic rings. The lowest BCUT2D eigenvalue weighted by Gasteiger charge is -2.36. The minimum atomic E-state index is -0.706. The van der Waals surface area contributed by atoms with Crippen molar-refractivity contribution in [2.45, 2.75) is 52.2 Å². The van der Waals surface area contributed by atoms with Crippen molar-refractivity contribution in [3.8, 4) is 0 Å². The van der Waals surface area contributed by atoms with Gasteiger partial charge in [0.05, 0.1) is 12.0 Å².